The summed E-state index contributed by atoms with van der Waals surface area (Å²) in [5, 5.41) is 9.92. The third kappa shape index (κ3) is 2.17. The van der Waals surface area contributed by atoms with Gasteiger partial charge in [0, 0.05) is 17.8 Å². The Morgan fingerprint density at radius 1 is 1.20 bits per heavy atom. The molecule has 0 aliphatic carbocycles. The minimum Gasteiger partial charge on any atom is -0.310 e. The van der Waals surface area contributed by atoms with E-state index in [0.717, 1.165) is 16.5 Å². The van der Waals surface area contributed by atoms with Crippen LogP contribution in [0.3, 0.4) is 0 Å². The second-order valence-electron chi connectivity index (χ2n) is 4.50. The maximum absolute atomic E-state index is 12.0. The minimum absolute atomic E-state index is 0.162. The predicted octanol–water partition coefficient (Wildman–Crippen LogP) is 2.32. The lowest BCUT2D eigenvalue weighted by Gasteiger charge is -2.07. The Kier molecular flexibility index (Phi) is 3.02. The van der Waals surface area contributed by atoms with Gasteiger partial charge in [0.1, 0.15) is 11.6 Å². The van der Waals surface area contributed by atoms with Gasteiger partial charge in [0.05, 0.1) is 12.1 Å². The highest BCUT2D eigenvalue weighted by Crippen LogP contribution is 2.13. The molecule has 3 rings (SSSR count). The van der Waals surface area contributed by atoms with Crippen molar-refractivity contribution in [3.8, 4) is 6.07 Å². The Bertz CT molecular complexity index is 875. The molecule has 0 saturated heterocycles. The third-order valence-electron chi connectivity index (χ3n) is 3.16. The fraction of sp³-hybridized carbons (Fsp3) is 0.0625. The maximum atomic E-state index is 12.0. The monoisotopic (exact) mass is 261 g/mol. The first kappa shape index (κ1) is 12.1. The van der Waals surface area contributed by atoms with Crippen LogP contribution in [0, 0.1) is 11.3 Å². The third-order valence-corrected chi connectivity index (χ3v) is 3.16. The maximum Gasteiger partial charge on any atom is 0.268 e. The average Bonchev–Trinajstić information content (AvgIpc) is 2.49. The molecule has 0 amide bonds. The topological polar surface area (TPSA) is 58.7 Å². The van der Waals surface area contributed by atoms with Gasteiger partial charge >= 0.3 is 0 Å². The van der Waals surface area contributed by atoms with Crippen LogP contribution in [0.2, 0.25) is 0 Å². The van der Waals surface area contributed by atoms with Gasteiger partial charge in [0.15, 0.2) is 0 Å². The standard InChI is InChI=1S/C16H11N3O/c17-10-14-4-2-8-19(16(14)20)11-12-5-6-15-13(9-12)3-1-7-18-15/h1-9H,11H2. The summed E-state index contributed by atoms with van der Waals surface area (Å²) in [5.74, 6) is 0. The van der Waals surface area contributed by atoms with Crippen LogP contribution in [0.15, 0.2) is 59.7 Å². The molecule has 0 fully saturated rings. The van der Waals surface area contributed by atoms with Gasteiger partial charge in [-0.25, -0.2) is 0 Å². The van der Waals surface area contributed by atoms with E-state index in [1.54, 1.807) is 18.5 Å². The summed E-state index contributed by atoms with van der Waals surface area (Å²) in [6, 6.07) is 14.9. The molecule has 3 aromatic rings. The van der Waals surface area contributed by atoms with Crippen LogP contribution in [0.25, 0.3) is 10.9 Å². The van der Waals surface area contributed by atoms with Crippen LogP contribution < -0.4 is 5.56 Å². The molecule has 96 valence electrons. The van der Waals surface area contributed by atoms with Crippen LogP contribution in [0.4, 0.5) is 0 Å². The molecular weight excluding hydrogens is 250 g/mol. The summed E-state index contributed by atoms with van der Waals surface area (Å²) >= 11 is 0. The van der Waals surface area contributed by atoms with Gasteiger partial charge in [-0.15, -0.1) is 0 Å². The number of aromatic nitrogens is 2. The Labute approximate surface area is 115 Å². The predicted molar refractivity (Wildman–Crippen MR) is 76.3 cm³/mol. The van der Waals surface area contributed by atoms with Crippen LogP contribution in [0.1, 0.15) is 11.1 Å². The Balaban J connectivity index is 2.02. The van der Waals surface area contributed by atoms with Crippen molar-refractivity contribution in [2.24, 2.45) is 0 Å². The molecule has 1 aromatic carbocycles. The highest BCUT2D eigenvalue weighted by molar-refractivity contribution is 5.78. The molecular formula is C16H11N3O. The van der Waals surface area contributed by atoms with Crippen molar-refractivity contribution < 1.29 is 0 Å². The van der Waals surface area contributed by atoms with Gasteiger partial charge in [-0.2, -0.15) is 5.26 Å². The molecule has 0 saturated carbocycles. The number of benzene rings is 1. The summed E-state index contributed by atoms with van der Waals surface area (Å²) in [5.41, 5.74) is 1.83. The van der Waals surface area contributed by atoms with E-state index >= 15 is 0 Å². The van der Waals surface area contributed by atoms with E-state index in [1.165, 1.54) is 10.6 Å². The van der Waals surface area contributed by atoms with E-state index in [4.69, 9.17) is 5.26 Å². The SMILES string of the molecule is N#Cc1cccn(Cc2ccc3ncccc3c2)c1=O. The molecule has 0 aliphatic heterocycles. The zero-order valence-electron chi connectivity index (χ0n) is 10.7. The summed E-state index contributed by atoms with van der Waals surface area (Å²) in [6.07, 6.45) is 3.44. The number of nitriles is 1. The quantitative estimate of drug-likeness (QED) is 0.711. The van der Waals surface area contributed by atoms with Crippen molar-refractivity contribution in [1.82, 2.24) is 9.55 Å². The first-order valence-electron chi connectivity index (χ1n) is 6.21. The molecule has 4 nitrogen and oxygen atoms in total. The average molecular weight is 261 g/mol. The van der Waals surface area contributed by atoms with Crippen molar-refractivity contribution in [3.63, 3.8) is 0 Å². The molecule has 0 bridgehead atoms. The molecule has 0 aliphatic rings. The molecule has 0 spiro atoms. The van der Waals surface area contributed by atoms with Crippen molar-refractivity contribution in [1.29, 1.82) is 5.26 Å². The number of nitrogens with zero attached hydrogens (tertiary/aromatic N) is 3. The highest BCUT2D eigenvalue weighted by atomic mass is 16.1. The lowest BCUT2D eigenvalue weighted by molar-refractivity contribution is 0.757. The van der Waals surface area contributed by atoms with E-state index in [-0.39, 0.29) is 11.1 Å². The first-order valence-corrected chi connectivity index (χ1v) is 6.21. The Hall–Kier alpha value is -2.93. The van der Waals surface area contributed by atoms with Crippen molar-refractivity contribution in [2.45, 2.75) is 6.54 Å². The number of fused-ring (bicyclic) bond motifs is 1. The second kappa shape index (κ2) is 4.98. The van der Waals surface area contributed by atoms with Crippen molar-refractivity contribution >= 4 is 10.9 Å². The zero-order valence-corrected chi connectivity index (χ0v) is 10.7. The van der Waals surface area contributed by atoms with Crippen LogP contribution in [-0.4, -0.2) is 9.55 Å². The molecule has 0 N–H and O–H groups in total. The van der Waals surface area contributed by atoms with Crippen LogP contribution >= 0.6 is 0 Å². The normalized spacial score (nSPS) is 10.3. The number of hydrogen-bond acceptors (Lipinski definition) is 3. The van der Waals surface area contributed by atoms with Crippen molar-refractivity contribution in [2.75, 3.05) is 0 Å². The van der Waals surface area contributed by atoms with Gasteiger partial charge in [-0.1, -0.05) is 12.1 Å². The first-order chi connectivity index (χ1) is 9.78. The minimum atomic E-state index is -0.263. The highest BCUT2D eigenvalue weighted by Gasteiger charge is 2.03. The lowest BCUT2D eigenvalue weighted by Crippen LogP contribution is -2.22. The van der Waals surface area contributed by atoms with Crippen molar-refractivity contribution in [3.05, 3.63) is 76.3 Å². The van der Waals surface area contributed by atoms with E-state index in [9.17, 15) is 4.79 Å². The van der Waals surface area contributed by atoms with Gasteiger partial charge in [0.25, 0.3) is 5.56 Å². The molecule has 2 heterocycles. The molecule has 0 atom stereocenters. The molecule has 0 unspecified atom stereocenters. The fourth-order valence-electron chi connectivity index (χ4n) is 2.17. The van der Waals surface area contributed by atoms with E-state index in [0.29, 0.717) is 6.54 Å². The smallest absolute Gasteiger partial charge is 0.268 e. The lowest BCUT2D eigenvalue weighted by atomic mass is 10.1. The van der Waals surface area contributed by atoms with Gasteiger partial charge < -0.3 is 4.57 Å². The van der Waals surface area contributed by atoms with Gasteiger partial charge in [-0.3, -0.25) is 9.78 Å². The summed E-state index contributed by atoms with van der Waals surface area (Å²) in [6.45, 7) is 0.444. The van der Waals surface area contributed by atoms with Gasteiger partial charge in [0.2, 0.25) is 0 Å². The zero-order chi connectivity index (χ0) is 13.9. The summed E-state index contributed by atoms with van der Waals surface area (Å²) in [7, 11) is 0. The molecule has 4 heteroatoms. The molecule has 0 radical (unpaired) electrons. The number of hydrogen-bond donors (Lipinski definition) is 0. The van der Waals surface area contributed by atoms with E-state index in [1.807, 2.05) is 36.4 Å². The Morgan fingerprint density at radius 3 is 2.95 bits per heavy atom. The summed E-state index contributed by atoms with van der Waals surface area (Å²) in [4.78, 5) is 16.3. The van der Waals surface area contributed by atoms with Gasteiger partial charge in [-0.05, 0) is 35.9 Å². The largest absolute Gasteiger partial charge is 0.310 e. The second-order valence-corrected chi connectivity index (χ2v) is 4.50. The van der Waals surface area contributed by atoms with E-state index in [2.05, 4.69) is 4.98 Å². The Morgan fingerprint density at radius 2 is 2.10 bits per heavy atom. The molecule has 2 aromatic heterocycles. The molecule has 20 heavy (non-hydrogen) atoms. The van der Waals surface area contributed by atoms with E-state index < -0.39 is 0 Å². The summed E-state index contributed by atoms with van der Waals surface area (Å²) < 4.78 is 1.54. The number of pyridine rings is 2. The number of rotatable bonds is 2. The van der Waals surface area contributed by atoms with Crippen LogP contribution in [-0.2, 0) is 6.54 Å². The van der Waals surface area contributed by atoms with Crippen LogP contribution in [0.5, 0.6) is 0 Å². The fourth-order valence-corrected chi connectivity index (χ4v) is 2.17.